The molecule has 5 fully saturated rings. The molecule has 0 N–H and O–H groups in total. The van der Waals surface area contributed by atoms with Gasteiger partial charge in [0.25, 0.3) is 0 Å². The van der Waals surface area contributed by atoms with Crippen LogP contribution in [0.25, 0.3) is 0 Å². The molecule has 0 aromatic heterocycles. The summed E-state index contributed by atoms with van der Waals surface area (Å²) in [7, 11) is 2.26. The van der Waals surface area contributed by atoms with Crippen molar-refractivity contribution in [2.24, 2.45) is 142 Å². The lowest BCUT2D eigenvalue weighted by atomic mass is 9.69. The second-order valence-electron chi connectivity index (χ2n) is 29.5. The molecule has 12 atom stereocenters. The summed E-state index contributed by atoms with van der Waals surface area (Å²) in [6.07, 6.45) is 28.2. The van der Waals surface area contributed by atoms with E-state index < -0.39 is 0 Å². The van der Waals surface area contributed by atoms with Gasteiger partial charge in [-0.2, -0.15) is 0 Å². The van der Waals surface area contributed by atoms with E-state index in [0.717, 1.165) is 142 Å². The van der Waals surface area contributed by atoms with Gasteiger partial charge in [-0.05, 0) is 220 Å². The van der Waals surface area contributed by atoms with Crippen LogP contribution >= 0.6 is 0 Å². The third kappa shape index (κ3) is 27.4. The van der Waals surface area contributed by atoms with E-state index in [4.69, 9.17) is 0 Å². The van der Waals surface area contributed by atoms with E-state index in [1.54, 1.807) is 0 Å². The van der Waals surface area contributed by atoms with E-state index in [2.05, 4.69) is 190 Å². The van der Waals surface area contributed by atoms with Crippen LogP contribution in [0.1, 0.15) is 291 Å². The second kappa shape index (κ2) is 40.0. The van der Waals surface area contributed by atoms with Crippen LogP contribution in [0.4, 0.5) is 0 Å². The summed E-state index contributed by atoms with van der Waals surface area (Å²) in [6.45, 7) is 59.6. The van der Waals surface area contributed by atoms with Crippen molar-refractivity contribution in [1.82, 2.24) is 4.90 Å². The van der Waals surface area contributed by atoms with Crippen LogP contribution in [0.3, 0.4) is 0 Å². The standard InChI is InChI=1S/C12H25N.2C12H24.2C11H22.C11H20.3CH4/c1-9(2)11-6-7-13(5)8-12(11)10(3)4;2*1-9(2)11-7-5-6-8-12(11)10(3)4;3*1-8(2)10-6-5-7-11(10)9(3)4;;;/h9-12H,6-8H2,1-5H3;2*9-12H,5-8H2,1-4H3;2*8-11H,5-7H2,1-4H3;5-6,8-11H,7H2,1-4H3;3*1H4. The molecule has 0 bridgehead atoms. The molecule has 442 valence electrons. The van der Waals surface area contributed by atoms with Gasteiger partial charge in [0.2, 0.25) is 0 Å². The number of likely N-dealkylation sites (tertiary alicyclic amines) is 1. The van der Waals surface area contributed by atoms with Gasteiger partial charge in [0.1, 0.15) is 0 Å². The Labute approximate surface area is 468 Å². The van der Waals surface area contributed by atoms with Crippen LogP contribution in [-0.4, -0.2) is 25.0 Å². The van der Waals surface area contributed by atoms with Gasteiger partial charge in [-0.3, -0.25) is 0 Å². The predicted octanol–water partition coefficient (Wildman–Crippen LogP) is 23.9. The molecule has 0 spiro atoms. The van der Waals surface area contributed by atoms with Gasteiger partial charge >= 0.3 is 0 Å². The quantitative estimate of drug-likeness (QED) is 0.176. The van der Waals surface area contributed by atoms with Gasteiger partial charge in [0.05, 0.1) is 0 Å². The minimum absolute atomic E-state index is 0. The fraction of sp³-hybridized carbons (Fsp3) is 0.972. The molecule has 1 saturated heterocycles. The Kier molecular flexibility index (Phi) is 42.1. The Bertz CT molecular complexity index is 1140. The zero-order valence-electron chi connectivity index (χ0n) is 53.2. The number of hydrogen-bond acceptors (Lipinski definition) is 1. The Morgan fingerprint density at radius 3 is 0.699 bits per heavy atom. The fourth-order valence-electron chi connectivity index (χ4n) is 15.9. The van der Waals surface area contributed by atoms with Crippen molar-refractivity contribution in [3.8, 4) is 0 Å². The molecule has 0 aromatic carbocycles. The lowest BCUT2D eigenvalue weighted by molar-refractivity contribution is 0.0792. The highest BCUT2D eigenvalue weighted by atomic mass is 15.1. The molecule has 0 aromatic rings. The monoisotopic (exact) mass is 1030 g/mol. The van der Waals surface area contributed by atoms with E-state index in [1.165, 1.54) is 116 Å². The Hall–Kier alpha value is -0.300. The fourth-order valence-corrected chi connectivity index (χ4v) is 15.9. The van der Waals surface area contributed by atoms with Gasteiger partial charge in [0.15, 0.2) is 0 Å². The molecule has 6 aliphatic rings. The zero-order valence-corrected chi connectivity index (χ0v) is 53.2. The number of hydrogen-bond donors (Lipinski definition) is 0. The van der Waals surface area contributed by atoms with Crippen molar-refractivity contribution < 1.29 is 0 Å². The first-order valence-corrected chi connectivity index (χ1v) is 32.0. The van der Waals surface area contributed by atoms with E-state index in [0.29, 0.717) is 0 Å². The molecule has 73 heavy (non-hydrogen) atoms. The van der Waals surface area contributed by atoms with E-state index in [9.17, 15) is 0 Å². The van der Waals surface area contributed by atoms with Crippen molar-refractivity contribution in [1.29, 1.82) is 0 Å². The van der Waals surface area contributed by atoms with Gasteiger partial charge in [-0.15, -0.1) is 0 Å². The highest BCUT2D eigenvalue weighted by Gasteiger charge is 2.35. The Morgan fingerprint density at radius 2 is 0.493 bits per heavy atom. The third-order valence-electron chi connectivity index (χ3n) is 20.4. The zero-order chi connectivity index (χ0) is 53.6. The molecule has 5 aliphatic carbocycles. The summed E-state index contributed by atoms with van der Waals surface area (Å²) in [4.78, 5) is 2.49. The lowest BCUT2D eigenvalue weighted by Gasteiger charge is -2.41. The van der Waals surface area contributed by atoms with Gasteiger partial charge in [0, 0.05) is 6.54 Å². The maximum Gasteiger partial charge on any atom is 0.00118 e. The molecule has 12 unspecified atom stereocenters. The first-order valence-electron chi connectivity index (χ1n) is 32.0. The first kappa shape index (κ1) is 76.9. The maximum absolute atomic E-state index is 2.49. The van der Waals surface area contributed by atoms with Crippen LogP contribution in [0.2, 0.25) is 0 Å². The summed E-state index contributed by atoms with van der Waals surface area (Å²) >= 11 is 0. The van der Waals surface area contributed by atoms with Gasteiger partial charge < -0.3 is 4.90 Å². The minimum atomic E-state index is 0. The molecule has 1 heteroatoms. The van der Waals surface area contributed by atoms with Crippen LogP contribution in [0.15, 0.2) is 12.2 Å². The summed E-state index contributed by atoms with van der Waals surface area (Å²) in [5.74, 6) is 22.4. The van der Waals surface area contributed by atoms with Crippen molar-refractivity contribution in [3.63, 3.8) is 0 Å². The van der Waals surface area contributed by atoms with Crippen molar-refractivity contribution in [3.05, 3.63) is 12.2 Å². The average Bonchev–Trinajstić information content (AvgIpc) is 4.10. The summed E-state index contributed by atoms with van der Waals surface area (Å²) in [6, 6.07) is 0. The number of piperidine rings is 1. The largest absolute Gasteiger partial charge is 0.306 e. The van der Waals surface area contributed by atoms with Crippen LogP contribution in [0.5, 0.6) is 0 Å². The molecule has 1 nitrogen and oxygen atoms in total. The topological polar surface area (TPSA) is 3.24 Å². The highest BCUT2D eigenvalue weighted by Crippen LogP contribution is 2.43. The molecule has 0 amide bonds. The van der Waals surface area contributed by atoms with Gasteiger partial charge in [-0.1, -0.05) is 239 Å². The van der Waals surface area contributed by atoms with Crippen molar-refractivity contribution in [2.75, 3.05) is 20.1 Å². The Balaban J connectivity index is -0.000000800. The highest BCUT2D eigenvalue weighted by molar-refractivity contribution is 5.03. The van der Waals surface area contributed by atoms with Crippen LogP contribution in [-0.2, 0) is 0 Å². The summed E-state index contributed by atoms with van der Waals surface area (Å²) in [5, 5.41) is 0. The normalized spacial score (nSPS) is 30.3. The number of nitrogens with zero attached hydrogens (tertiary/aromatic N) is 1. The average molecular weight is 1030 g/mol. The molecular formula is C72H149N. The van der Waals surface area contributed by atoms with Gasteiger partial charge in [-0.25, -0.2) is 0 Å². The summed E-state index contributed by atoms with van der Waals surface area (Å²) < 4.78 is 0. The van der Waals surface area contributed by atoms with Crippen molar-refractivity contribution in [2.45, 2.75) is 291 Å². The van der Waals surface area contributed by atoms with Crippen molar-refractivity contribution >= 4 is 0 Å². The predicted molar refractivity (Wildman–Crippen MR) is 341 cm³/mol. The first-order chi connectivity index (χ1) is 32.6. The molecular weight excluding hydrogens is 879 g/mol. The minimum Gasteiger partial charge on any atom is -0.306 e. The lowest BCUT2D eigenvalue weighted by Crippen LogP contribution is -2.42. The maximum atomic E-state index is 2.49. The molecule has 4 saturated carbocycles. The number of allylic oxidation sites excluding steroid dienone is 2. The number of rotatable bonds is 12. The van der Waals surface area contributed by atoms with Crippen LogP contribution < -0.4 is 0 Å². The smallest absolute Gasteiger partial charge is 0.00118 e. The second-order valence-corrected chi connectivity index (χ2v) is 29.5. The third-order valence-corrected chi connectivity index (χ3v) is 20.4. The van der Waals surface area contributed by atoms with E-state index in [1.807, 2.05) is 0 Å². The molecule has 6 rings (SSSR count). The molecule has 1 heterocycles. The Morgan fingerprint density at radius 1 is 0.274 bits per heavy atom. The molecule has 1 aliphatic heterocycles. The van der Waals surface area contributed by atoms with Crippen LogP contribution in [0, 0.1) is 142 Å². The molecule has 0 radical (unpaired) electrons. The van der Waals surface area contributed by atoms with E-state index >= 15 is 0 Å². The summed E-state index contributed by atoms with van der Waals surface area (Å²) in [5.41, 5.74) is 0. The SMILES string of the molecule is C.C.C.CC(C)C1C=CCC1C(C)C.CC(C)C1CCCC1C(C)C.CC(C)C1CCCC1C(C)C.CC(C)C1CCCCC1C(C)C.CC(C)C1CCCCC1C(C)C.CC(C)C1CCN(C)CC1C(C)C. The van der Waals surface area contributed by atoms with E-state index in [-0.39, 0.29) is 22.3 Å².